The Hall–Kier alpha value is -2.67. The van der Waals surface area contributed by atoms with Gasteiger partial charge in [0, 0.05) is 25.1 Å². The quantitative estimate of drug-likeness (QED) is 0.679. The van der Waals surface area contributed by atoms with Gasteiger partial charge in [-0.25, -0.2) is 4.68 Å². The maximum absolute atomic E-state index is 12.9. The van der Waals surface area contributed by atoms with Gasteiger partial charge in [-0.1, -0.05) is 18.5 Å². The highest BCUT2D eigenvalue weighted by molar-refractivity contribution is 6.32. The van der Waals surface area contributed by atoms with Gasteiger partial charge in [0.05, 0.1) is 30.5 Å². The van der Waals surface area contributed by atoms with E-state index in [1.165, 1.54) is 0 Å². The highest BCUT2D eigenvalue weighted by Crippen LogP contribution is 2.27. The van der Waals surface area contributed by atoms with Crippen LogP contribution in [0.4, 0.5) is 5.69 Å². The molecule has 0 saturated carbocycles. The lowest BCUT2D eigenvalue weighted by atomic mass is 10.1. The highest BCUT2D eigenvalue weighted by Gasteiger charge is 2.25. The van der Waals surface area contributed by atoms with Gasteiger partial charge in [0.15, 0.2) is 5.15 Å². The lowest BCUT2D eigenvalue weighted by Gasteiger charge is -2.23. The second-order valence-corrected chi connectivity index (χ2v) is 6.03. The summed E-state index contributed by atoms with van der Waals surface area (Å²) in [6.07, 6.45) is 8.67. The van der Waals surface area contributed by atoms with Gasteiger partial charge in [0.2, 0.25) is 5.91 Å². The van der Waals surface area contributed by atoms with Gasteiger partial charge in [0.1, 0.15) is 5.69 Å². The number of amides is 1. The number of carbonyl (C=O) groups excluding carboxylic acids is 1. The fourth-order valence-electron chi connectivity index (χ4n) is 2.62. The van der Waals surface area contributed by atoms with Crippen LogP contribution in [-0.4, -0.2) is 37.0 Å². The van der Waals surface area contributed by atoms with E-state index in [-0.39, 0.29) is 17.0 Å². The second kappa shape index (κ2) is 7.48. The van der Waals surface area contributed by atoms with Crippen LogP contribution < -0.4 is 4.90 Å². The molecule has 0 bridgehead atoms. The molecule has 0 aliphatic heterocycles. The molecule has 1 unspecified atom stereocenters. The Kier molecular flexibility index (Phi) is 5.14. The Morgan fingerprint density at radius 3 is 2.84 bits per heavy atom. The van der Waals surface area contributed by atoms with Crippen LogP contribution in [0.3, 0.4) is 0 Å². The zero-order chi connectivity index (χ0) is 17.8. The van der Waals surface area contributed by atoms with E-state index in [0.29, 0.717) is 18.8 Å². The molecule has 1 amide bonds. The summed E-state index contributed by atoms with van der Waals surface area (Å²) in [4.78, 5) is 18.6. The highest BCUT2D eigenvalue weighted by atomic mass is 35.5. The average Bonchev–Trinajstić information content (AvgIpc) is 3.26. The Morgan fingerprint density at radius 2 is 2.20 bits per heavy atom. The van der Waals surface area contributed by atoms with Crippen LogP contribution in [0.1, 0.15) is 13.8 Å². The standard InChI is InChI=1S/C17H19ClN6O/c1-3-23(17(25)13(2)11-22-9-5-8-20-22)15-12-24(21-16(15)18)14-6-4-7-19-10-14/h4-10,12-13H,3,11H2,1-2H3. The minimum Gasteiger partial charge on any atom is -0.308 e. The number of hydrogen-bond donors (Lipinski definition) is 0. The summed E-state index contributed by atoms with van der Waals surface area (Å²) in [6, 6.07) is 5.53. The summed E-state index contributed by atoms with van der Waals surface area (Å²) in [7, 11) is 0. The molecule has 7 nitrogen and oxygen atoms in total. The number of hydrogen-bond acceptors (Lipinski definition) is 4. The van der Waals surface area contributed by atoms with Crippen LogP contribution in [0.2, 0.25) is 5.15 Å². The van der Waals surface area contributed by atoms with Crippen molar-refractivity contribution >= 4 is 23.2 Å². The summed E-state index contributed by atoms with van der Waals surface area (Å²) < 4.78 is 3.37. The fourth-order valence-corrected chi connectivity index (χ4v) is 2.86. The van der Waals surface area contributed by atoms with Crippen LogP contribution >= 0.6 is 11.6 Å². The maximum Gasteiger partial charge on any atom is 0.231 e. The van der Waals surface area contributed by atoms with Crippen molar-refractivity contribution in [3.05, 3.63) is 54.3 Å². The molecule has 8 heteroatoms. The molecule has 0 aliphatic carbocycles. The van der Waals surface area contributed by atoms with Crippen LogP contribution in [-0.2, 0) is 11.3 Å². The summed E-state index contributed by atoms with van der Waals surface area (Å²) in [5, 5.41) is 8.73. The van der Waals surface area contributed by atoms with Crippen molar-refractivity contribution in [2.75, 3.05) is 11.4 Å². The first kappa shape index (κ1) is 17.2. The number of halogens is 1. The molecule has 3 rings (SSSR count). The molecule has 25 heavy (non-hydrogen) atoms. The van der Waals surface area contributed by atoms with E-state index in [4.69, 9.17) is 11.6 Å². The van der Waals surface area contributed by atoms with Gasteiger partial charge in [-0.2, -0.15) is 10.2 Å². The average molecular weight is 359 g/mol. The van der Waals surface area contributed by atoms with E-state index in [2.05, 4.69) is 15.2 Å². The number of anilines is 1. The molecule has 0 saturated heterocycles. The van der Waals surface area contributed by atoms with Gasteiger partial charge in [0.25, 0.3) is 0 Å². The van der Waals surface area contributed by atoms with Gasteiger partial charge >= 0.3 is 0 Å². The van der Waals surface area contributed by atoms with Crippen molar-refractivity contribution in [1.29, 1.82) is 0 Å². The van der Waals surface area contributed by atoms with Gasteiger partial charge in [-0.3, -0.25) is 14.5 Å². The summed E-state index contributed by atoms with van der Waals surface area (Å²) in [5.41, 5.74) is 1.37. The van der Waals surface area contributed by atoms with Crippen LogP contribution in [0.15, 0.2) is 49.2 Å². The molecule has 0 aliphatic rings. The topological polar surface area (TPSA) is 68.8 Å². The first-order valence-electron chi connectivity index (χ1n) is 8.04. The lowest BCUT2D eigenvalue weighted by Crippen LogP contribution is -2.36. The number of carbonyl (C=O) groups is 1. The second-order valence-electron chi connectivity index (χ2n) is 5.67. The normalized spacial score (nSPS) is 12.1. The first-order chi connectivity index (χ1) is 12.1. The molecule has 0 fully saturated rings. The summed E-state index contributed by atoms with van der Waals surface area (Å²) in [6.45, 7) is 4.81. The molecule has 0 aromatic carbocycles. The predicted molar refractivity (Wildman–Crippen MR) is 95.8 cm³/mol. The zero-order valence-corrected chi connectivity index (χ0v) is 14.8. The van der Waals surface area contributed by atoms with E-state index < -0.39 is 0 Å². The largest absolute Gasteiger partial charge is 0.308 e. The number of nitrogens with zero attached hydrogens (tertiary/aromatic N) is 6. The third kappa shape index (κ3) is 3.71. The van der Waals surface area contributed by atoms with Gasteiger partial charge < -0.3 is 4.90 Å². The Labute approximate surface area is 150 Å². The Morgan fingerprint density at radius 1 is 1.36 bits per heavy atom. The SMILES string of the molecule is CCN(C(=O)C(C)Cn1cccn1)c1cn(-c2cccnc2)nc1Cl. The maximum atomic E-state index is 12.9. The molecule has 3 heterocycles. The molecule has 0 N–H and O–H groups in total. The molecule has 0 radical (unpaired) electrons. The van der Waals surface area contributed by atoms with Crippen LogP contribution in [0.5, 0.6) is 0 Å². The molecule has 3 aromatic heterocycles. The van der Waals surface area contributed by atoms with Crippen molar-refractivity contribution in [1.82, 2.24) is 24.5 Å². The van der Waals surface area contributed by atoms with E-state index >= 15 is 0 Å². The van der Waals surface area contributed by atoms with E-state index in [1.54, 1.807) is 39.1 Å². The molecule has 0 spiro atoms. The van der Waals surface area contributed by atoms with Crippen molar-refractivity contribution in [2.24, 2.45) is 5.92 Å². The molecule has 1 atom stereocenters. The van der Waals surface area contributed by atoms with Crippen LogP contribution in [0, 0.1) is 5.92 Å². The number of pyridine rings is 1. The third-order valence-corrected chi connectivity index (χ3v) is 4.15. The van der Waals surface area contributed by atoms with Gasteiger partial charge in [-0.15, -0.1) is 0 Å². The molecule has 3 aromatic rings. The van der Waals surface area contributed by atoms with Gasteiger partial charge in [-0.05, 0) is 25.1 Å². The first-order valence-corrected chi connectivity index (χ1v) is 8.42. The third-order valence-electron chi connectivity index (χ3n) is 3.88. The monoisotopic (exact) mass is 358 g/mol. The zero-order valence-electron chi connectivity index (χ0n) is 14.1. The molecular formula is C17H19ClN6O. The smallest absolute Gasteiger partial charge is 0.231 e. The molecular weight excluding hydrogens is 340 g/mol. The van der Waals surface area contributed by atoms with Crippen molar-refractivity contribution in [2.45, 2.75) is 20.4 Å². The van der Waals surface area contributed by atoms with E-state index in [9.17, 15) is 4.79 Å². The lowest BCUT2D eigenvalue weighted by molar-refractivity contribution is -0.122. The predicted octanol–water partition coefficient (Wildman–Crippen LogP) is 2.81. The summed E-state index contributed by atoms with van der Waals surface area (Å²) >= 11 is 6.30. The Balaban J connectivity index is 1.83. The Bertz CT molecular complexity index is 830. The fraction of sp³-hybridized carbons (Fsp3) is 0.294. The minimum atomic E-state index is -0.238. The van der Waals surface area contributed by atoms with E-state index in [1.807, 2.05) is 38.2 Å². The van der Waals surface area contributed by atoms with Crippen molar-refractivity contribution in [3.8, 4) is 5.69 Å². The van der Waals surface area contributed by atoms with Crippen LogP contribution in [0.25, 0.3) is 5.69 Å². The summed E-state index contributed by atoms with van der Waals surface area (Å²) in [5.74, 6) is -0.261. The van der Waals surface area contributed by atoms with E-state index in [0.717, 1.165) is 5.69 Å². The molecule has 130 valence electrons. The number of rotatable bonds is 6. The number of aromatic nitrogens is 5. The van der Waals surface area contributed by atoms with Crippen molar-refractivity contribution < 1.29 is 4.79 Å². The van der Waals surface area contributed by atoms with Crippen molar-refractivity contribution in [3.63, 3.8) is 0 Å². The minimum absolute atomic E-state index is 0.0226.